The number of carbonyl (C=O) groups is 1. The first kappa shape index (κ1) is 14.3. The molecule has 0 aromatic heterocycles. The molecule has 1 amide bonds. The van der Waals surface area contributed by atoms with Gasteiger partial charge in [-0.3, -0.25) is 0 Å². The Balaban J connectivity index is 2.24. The molecule has 1 saturated heterocycles. The molecule has 0 bridgehead atoms. The van der Waals surface area contributed by atoms with Crippen molar-refractivity contribution in [3.8, 4) is 0 Å². The van der Waals surface area contributed by atoms with Crippen LogP contribution in [0.3, 0.4) is 0 Å². The molecule has 1 aliphatic rings. The monoisotopic (exact) mass is 302 g/mol. The predicted molar refractivity (Wildman–Crippen MR) is 77.6 cm³/mol. The fourth-order valence-corrected chi connectivity index (χ4v) is 2.83. The molecule has 1 aromatic rings. The minimum Gasteiger partial charge on any atom is -0.465 e. The van der Waals surface area contributed by atoms with E-state index in [1.54, 1.807) is 0 Å². The summed E-state index contributed by atoms with van der Waals surface area (Å²) in [4.78, 5) is 14.5. The number of hydrogen-bond donors (Lipinski definition) is 1. The van der Waals surface area contributed by atoms with Gasteiger partial charge < -0.3 is 14.9 Å². The first-order valence-corrected chi connectivity index (χ1v) is 6.86. The van der Waals surface area contributed by atoms with E-state index in [1.807, 2.05) is 26.0 Å². The second-order valence-corrected chi connectivity index (χ2v) is 5.56. The molecule has 0 aliphatic carbocycles. The summed E-state index contributed by atoms with van der Waals surface area (Å²) >= 11 is 12.5. The largest absolute Gasteiger partial charge is 0.465 e. The molecule has 1 aromatic carbocycles. The molecule has 19 heavy (non-hydrogen) atoms. The summed E-state index contributed by atoms with van der Waals surface area (Å²) in [5, 5.41) is 10.1. The lowest BCUT2D eigenvalue weighted by molar-refractivity contribution is 0.136. The van der Waals surface area contributed by atoms with Crippen LogP contribution in [0.25, 0.3) is 0 Å². The van der Waals surface area contributed by atoms with E-state index in [9.17, 15) is 4.79 Å². The fraction of sp³-hybridized carbons (Fsp3) is 0.462. The van der Waals surface area contributed by atoms with Gasteiger partial charge in [-0.05, 0) is 25.5 Å². The molecule has 1 N–H and O–H groups in total. The van der Waals surface area contributed by atoms with Crippen molar-refractivity contribution in [2.45, 2.75) is 19.9 Å². The molecule has 1 fully saturated rings. The maximum Gasteiger partial charge on any atom is 0.407 e. The van der Waals surface area contributed by atoms with Crippen molar-refractivity contribution in [1.82, 2.24) is 4.90 Å². The Bertz CT molecular complexity index is 508. The zero-order valence-electron chi connectivity index (χ0n) is 10.9. The maximum atomic E-state index is 11.0. The lowest BCUT2D eigenvalue weighted by atomic mass is 10.1. The molecule has 4 nitrogen and oxygen atoms in total. The zero-order chi connectivity index (χ0) is 14.2. The van der Waals surface area contributed by atoms with Gasteiger partial charge in [-0.1, -0.05) is 29.3 Å². The molecule has 1 atom stereocenters. The van der Waals surface area contributed by atoms with Crippen molar-refractivity contribution in [1.29, 1.82) is 0 Å². The molecule has 104 valence electrons. The summed E-state index contributed by atoms with van der Waals surface area (Å²) in [7, 11) is 0. The Morgan fingerprint density at radius 1 is 1.32 bits per heavy atom. The van der Waals surface area contributed by atoms with Crippen molar-refractivity contribution < 1.29 is 9.90 Å². The normalized spacial score (nSPS) is 19.7. The van der Waals surface area contributed by atoms with Crippen LogP contribution in [0.5, 0.6) is 0 Å². The van der Waals surface area contributed by atoms with E-state index in [0.717, 1.165) is 11.3 Å². The maximum absolute atomic E-state index is 11.0. The summed E-state index contributed by atoms with van der Waals surface area (Å²) in [6.07, 6.45) is -0.875. The predicted octanol–water partition coefficient (Wildman–Crippen LogP) is 3.49. The van der Waals surface area contributed by atoms with Gasteiger partial charge in [0.25, 0.3) is 0 Å². The molecule has 0 spiro atoms. The number of anilines is 1. The van der Waals surface area contributed by atoms with E-state index >= 15 is 0 Å². The number of hydrogen-bond acceptors (Lipinski definition) is 2. The Morgan fingerprint density at radius 2 is 2.00 bits per heavy atom. The first-order chi connectivity index (χ1) is 8.91. The Morgan fingerprint density at radius 3 is 2.58 bits per heavy atom. The molecule has 6 heteroatoms. The van der Waals surface area contributed by atoms with Gasteiger partial charge in [-0.2, -0.15) is 0 Å². The second kappa shape index (κ2) is 5.47. The van der Waals surface area contributed by atoms with E-state index in [2.05, 4.69) is 4.90 Å². The highest BCUT2D eigenvalue weighted by molar-refractivity contribution is 6.44. The van der Waals surface area contributed by atoms with E-state index < -0.39 is 6.09 Å². The third-order valence-corrected chi connectivity index (χ3v) is 4.43. The minimum atomic E-state index is -0.875. The van der Waals surface area contributed by atoms with Gasteiger partial charge in [-0.15, -0.1) is 0 Å². The van der Waals surface area contributed by atoms with Gasteiger partial charge >= 0.3 is 6.09 Å². The van der Waals surface area contributed by atoms with Crippen molar-refractivity contribution in [2.75, 3.05) is 24.5 Å². The molecular formula is C13H16Cl2N2O2. The Hall–Kier alpha value is -1.13. The summed E-state index contributed by atoms with van der Waals surface area (Å²) in [6.45, 7) is 5.45. The molecule has 0 saturated carbocycles. The minimum absolute atomic E-state index is 0.0705. The zero-order valence-corrected chi connectivity index (χ0v) is 12.4. The number of rotatable bonds is 1. The van der Waals surface area contributed by atoms with Gasteiger partial charge in [0.1, 0.15) is 0 Å². The van der Waals surface area contributed by atoms with Crippen LogP contribution in [0.4, 0.5) is 10.5 Å². The average Bonchev–Trinajstić information content (AvgIpc) is 2.37. The second-order valence-electron chi connectivity index (χ2n) is 4.80. The lowest BCUT2D eigenvalue weighted by Crippen LogP contribution is -2.53. The van der Waals surface area contributed by atoms with Crippen LogP contribution in [-0.2, 0) is 0 Å². The summed E-state index contributed by atoms with van der Waals surface area (Å²) in [6, 6.07) is 3.94. The van der Waals surface area contributed by atoms with Crippen molar-refractivity contribution in [3.05, 3.63) is 27.7 Å². The lowest BCUT2D eigenvalue weighted by Gasteiger charge is -2.40. The molecule has 0 radical (unpaired) electrons. The van der Waals surface area contributed by atoms with Crippen LogP contribution in [0, 0.1) is 6.92 Å². The van der Waals surface area contributed by atoms with Gasteiger partial charge in [0.2, 0.25) is 0 Å². The van der Waals surface area contributed by atoms with E-state index in [0.29, 0.717) is 29.7 Å². The Labute approximate surface area is 122 Å². The van der Waals surface area contributed by atoms with Crippen LogP contribution in [0.15, 0.2) is 12.1 Å². The van der Waals surface area contributed by atoms with E-state index in [4.69, 9.17) is 28.3 Å². The Kier molecular flexibility index (Phi) is 4.11. The van der Waals surface area contributed by atoms with Gasteiger partial charge in [0.15, 0.2) is 0 Å². The molecule has 1 heterocycles. The van der Waals surface area contributed by atoms with Crippen molar-refractivity contribution >= 4 is 35.0 Å². The number of piperazine rings is 1. The van der Waals surface area contributed by atoms with Gasteiger partial charge in [0, 0.05) is 25.7 Å². The fourth-order valence-electron chi connectivity index (χ4n) is 2.35. The average molecular weight is 303 g/mol. The van der Waals surface area contributed by atoms with Crippen LogP contribution >= 0.6 is 23.2 Å². The van der Waals surface area contributed by atoms with Gasteiger partial charge in [0.05, 0.1) is 15.7 Å². The number of carboxylic acid groups (broad SMARTS) is 1. The summed E-state index contributed by atoms with van der Waals surface area (Å²) in [5.74, 6) is 0. The topological polar surface area (TPSA) is 43.8 Å². The van der Waals surface area contributed by atoms with Crippen LogP contribution in [0.2, 0.25) is 10.0 Å². The highest BCUT2D eigenvalue weighted by atomic mass is 35.5. The van der Waals surface area contributed by atoms with Crippen LogP contribution < -0.4 is 4.90 Å². The third-order valence-electron chi connectivity index (χ3n) is 3.46. The quantitative estimate of drug-likeness (QED) is 0.863. The highest BCUT2D eigenvalue weighted by Crippen LogP contribution is 2.36. The SMILES string of the molecule is Cc1ccc(N2CCN(C(=O)O)CC2C)c(Cl)c1Cl. The third kappa shape index (κ3) is 2.74. The number of nitrogens with zero attached hydrogens (tertiary/aromatic N) is 2. The standard InChI is InChI=1S/C13H16Cl2N2O2/c1-8-3-4-10(12(15)11(8)14)17-6-5-16(13(18)19)7-9(17)2/h3-4,9H,5-7H2,1-2H3,(H,18,19). The molecular weight excluding hydrogens is 287 g/mol. The summed E-state index contributed by atoms with van der Waals surface area (Å²) in [5.41, 5.74) is 1.81. The van der Waals surface area contributed by atoms with E-state index in [-0.39, 0.29) is 6.04 Å². The summed E-state index contributed by atoms with van der Waals surface area (Å²) < 4.78 is 0. The number of aryl methyl sites for hydroxylation is 1. The van der Waals surface area contributed by atoms with Crippen LogP contribution in [-0.4, -0.2) is 41.8 Å². The van der Waals surface area contributed by atoms with Gasteiger partial charge in [-0.25, -0.2) is 4.79 Å². The molecule has 2 rings (SSSR count). The van der Waals surface area contributed by atoms with Crippen LogP contribution in [0.1, 0.15) is 12.5 Å². The van der Waals surface area contributed by atoms with Crippen molar-refractivity contribution in [3.63, 3.8) is 0 Å². The molecule has 1 unspecified atom stereocenters. The number of benzene rings is 1. The number of halogens is 2. The smallest absolute Gasteiger partial charge is 0.407 e. The molecule has 1 aliphatic heterocycles. The number of amides is 1. The first-order valence-electron chi connectivity index (χ1n) is 6.11. The van der Waals surface area contributed by atoms with E-state index in [1.165, 1.54) is 4.90 Å². The highest BCUT2D eigenvalue weighted by Gasteiger charge is 2.28. The van der Waals surface area contributed by atoms with Crippen molar-refractivity contribution in [2.24, 2.45) is 0 Å².